The molecule has 1 aromatic rings. The fourth-order valence-corrected chi connectivity index (χ4v) is 2.47. The number of hydrogen-bond donors (Lipinski definition) is 1. The van der Waals surface area contributed by atoms with E-state index in [1.54, 1.807) is 7.11 Å². The third kappa shape index (κ3) is 2.64. The van der Waals surface area contributed by atoms with Crippen LogP contribution in [0, 0.1) is 0 Å². The molecule has 1 fully saturated rings. The van der Waals surface area contributed by atoms with Gasteiger partial charge in [0.15, 0.2) is 0 Å². The number of nitrogens with zero attached hydrogens (tertiary/aromatic N) is 1. The van der Waals surface area contributed by atoms with Gasteiger partial charge in [-0.3, -0.25) is 9.69 Å². The fraction of sp³-hybridized carbons (Fsp3) is 0.500. The minimum absolute atomic E-state index is 0.173. The SMILES string of the molecule is COc1ccc([C@H]2CCN([C@@H](C)C(N)=O)C2)cc1. The zero-order valence-electron chi connectivity index (χ0n) is 10.9. The number of methoxy groups -OCH3 is 1. The first-order chi connectivity index (χ1) is 8.61. The lowest BCUT2D eigenvalue weighted by atomic mass is 9.98. The molecule has 2 N–H and O–H groups in total. The highest BCUT2D eigenvalue weighted by Crippen LogP contribution is 2.29. The lowest BCUT2D eigenvalue weighted by Gasteiger charge is -2.21. The lowest BCUT2D eigenvalue weighted by Crippen LogP contribution is -2.41. The topological polar surface area (TPSA) is 55.6 Å². The maximum absolute atomic E-state index is 11.2. The van der Waals surface area contributed by atoms with Crippen molar-refractivity contribution in [2.75, 3.05) is 20.2 Å². The lowest BCUT2D eigenvalue weighted by molar-refractivity contribution is -0.122. The van der Waals surface area contributed by atoms with Crippen LogP contribution >= 0.6 is 0 Å². The number of nitrogens with two attached hydrogens (primary N) is 1. The third-order valence-electron chi connectivity index (χ3n) is 3.77. The van der Waals surface area contributed by atoms with E-state index in [0.717, 1.165) is 25.3 Å². The van der Waals surface area contributed by atoms with Gasteiger partial charge in [-0.2, -0.15) is 0 Å². The van der Waals surface area contributed by atoms with E-state index in [9.17, 15) is 4.79 Å². The van der Waals surface area contributed by atoms with Crippen LogP contribution in [0.2, 0.25) is 0 Å². The van der Waals surface area contributed by atoms with E-state index in [0.29, 0.717) is 5.92 Å². The standard InChI is InChI=1S/C14H20N2O2/c1-10(14(15)17)16-8-7-12(9-16)11-3-5-13(18-2)6-4-11/h3-6,10,12H,7-9H2,1-2H3,(H2,15,17)/t10-,12-/m0/s1. The number of carbonyl (C=O) groups excluding carboxylic acids is 1. The summed E-state index contributed by atoms with van der Waals surface area (Å²) >= 11 is 0. The molecular formula is C14H20N2O2. The van der Waals surface area contributed by atoms with Crippen molar-refractivity contribution in [1.82, 2.24) is 4.90 Å². The molecule has 0 aliphatic carbocycles. The molecule has 0 unspecified atom stereocenters. The van der Waals surface area contributed by atoms with Crippen molar-refractivity contribution in [2.45, 2.75) is 25.3 Å². The first-order valence-corrected chi connectivity index (χ1v) is 6.29. The van der Waals surface area contributed by atoms with Gasteiger partial charge in [-0.15, -0.1) is 0 Å². The molecule has 0 spiro atoms. The van der Waals surface area contributed by atoms with Gasteiger partial charge in [0.2, 0.25) is 5.91 Å². The van der Waals surface area contributed by atoms with Crippen molar-refractivity contribution in [1.29, 1.82) is 0 Å². The summed E-state index contributed by atoms with van der Waals surface area (Å²) in [5.74, 6) is 1.11. The molecule has 1 saturated heterocycles. The molecule has 18 heavy (non-hydrogen) atoms. The molecule has 4 heteroatoms. The van der Waals surface area contributed by atoms with Crippen molar-refractivity contribution in [3.05, 3.63) is 29.8 Å². The number of ether oxygens (including phenoxy) is 1. The molecule has 0 saturated carbocycles. The predicted octanol–water partition coefficient (Wildman–Crippen LogP) is 1.36. The average Bonchev–Trinajstić information content (AvgIpc) is 2.87. The Labute approximate surface area is 108 Å². The van der Waals surface area contributed by atoms with Crippen LogP contribution in [0.3, 0.4) is 0 Å². The highest BCUT2D eigenvalue weighted by Gasteiger charge is 2.29. The Hall–Kier alpha value is -1.55. The van der Waals surface area contributed by atoms with Crippen molar-refractivity contribution < 1.29 is 9.53 Å². The minimum atomic E-state index is -0.245. The zero-order chi connectivity index (χ0) is 13.1. The number of rotatable bonds is 4. The summed E-state index contributed by atoms with van der Waals surface area (Å²) in [6.07, 6.45) is 1.07. The molecule has 2 atom stereocenters. The van der Waals surface area contributed by atoms with Crippen LogP contribution in [-0.4, -0.2) is 37.0 Å². The van der Waals surface area contributed by atoms with Gasteiger partial charge in [0.25, 0.3) is 0 Å². The summed E-state index contributed by atoms with van der Waals surface area (Å²) in [5, 5.41) is 0. The number of likely N-dealkylation sites (tertiary alicyclic amines) is 1. The molecule has 2 rings (SSSR count). The Morgan fingerprint density at radius 2 is 2.11 bits per heavy atom. The monoisotopic (exact) mass is 248 g/mol. The highest BCUT2D eigenvalue weighted by atomic mass is 16.5. The van der Waals surface area contributed by atoms with Gasteiger partial charge in [0.05, 0.1) is 13.2 Å². The number of carbonyl (C=O) groups is 1. The summed E-state index contributed by atoms with van der Waals surface area (Å²) in [5.41, 5.74) is 6.64. The first kappa shape index (κ1) is 12.9. The first-order valence-electron chi connectivity index (χ1n) is 6.29. The van der Waals surface area contributed by atoms with Gasteiger partial charge in [-0.05, 0) is 43.5 Å². The molecule has 0 aromatic heterocycles. The van der Waals surface area contributed by atoms with Crippen LogP contribution in [0.25, 0.3) is 0 Å². The van der Waals surface area contributed by atoms with Gasteiger partial charge in [-0.25, -0.2) is 0 Å². The molecule has 0 bridgehead atoms. The Kier molecular flexibility index (Phi) is 3.87. The normalized spacial score (nSPS) is 21.8. The second-order valence-electron chi connectivity index (χ2n) is 4.83. The molecule has 0 radical (unpaired) electrons. The van der Waals surface area contributed by atoms with Crippen molar-refractivity contribution in [3.63, 3.8) is 0 Å². The van der Waals surface area contributed by atoms with Gasteiger partial charge in [0.1, 0.15) is 5.75 Å². The Morgan fingerprint density at radius 3 is 2.67 bits per heavy atom. The molecule has 4 nitrogen and oxygen atoms in total. The van der Waals surface area contributed by atoms with Crippen LogP contribution in [0.15, 0.2) is 24.3 Å². The minimum Gasteiger partial charge on any atom is -0.497 e. The predicted molar refractivity (Wildman–Crippen MR) is 70.6 cm³/mol. The molecule has 1 aliphatic rings. The smallest absolute Gasteiger partial charge is 0.234 e. The average molecular weight is 248 g/mol. The van der Waals surface area contributed by atoms with Gasteiger partial charge in [-0.1, -0.05) is 12.1 Å². The van der Waals surface area contributed by atoms with E-state index >= 15 is 0 Å². The molecule has 1 aromatic carbocycles. The Balaban J connectivity index is 2.01. The van der Waals surface area contributed by atoms with Crippen LogP contribution in [0.4, 0.5) is 0 Å². The highest BCUT2D eigenvalue weighted by molar-refractivity contribution is 5.79. The second-order valence-corrected chi connectivity index (χ2v) is 4.83. The van der Waals surface area contributed by atoms with Gasteiger partial charge >= 0.3 is 0 Å². The van der Waals surface area contributed by atoms with E-state index < -0.39 is 0 Å². The van der Waals surface area contributed by atoms with Crippen molar-refractivity contribution in [3.8, 4) is 5.75 Å². The quantitative estimate of drug-likeness (QED) is 0.875. The summed E-state index contributed by atoms with van der Waals surface area (Å²) in [6.45, 7) is 3.70. The largest absolute Gasteiger partial charge is 0.497 e. The second kappa shape index (κ2) is 5.40. The molecule has 1 amide bonds. The number of primary amides is 1. The fourth-order valence-electron chi connectivity index (χ4n) is 2.47. The number of amides is 1. The van der Waals surface area contributed by atoms with Gasteiger partial charge in [0, 0.05) is 6.54 Å². The molecule has 1 aliphatic heterocycles. The van der Waals surface area contributed by atoms with Crippen molar-refractivity contribution in [2.24, 2.45) is 5.73 Å². The van der Waals surface area contributed by atoms with E-state index in [4.69, 9.17) is 10.5 Å². The zero-order valence-corrected chi connectivity index (χ0v) is 10.9. The molecule has 1 heterocycles. The van der Waals surface area contributed by atoms with E-state index in [2.05, 4.69) is 17.0 Å². The Morgan fingerprint density at radius 1 is 1.44 bits per heavy atom. The number of benzene rings is 1. The maximum Gasteiger partial charge on any atom is 0.234 e. The van der Waals surface area contributed by atoms with Crippen LogP contribution < -0.4 is 10.5 Å². The van der Waals surface area contributed by atoms with Gasteiger partial charge < -0.3 is 10.5 Å². The van der Waals surface area contributed by atoms with Crippen molar-refractivity contribution >= 4 is 5.91 Å². The van der Waals surface area contributed by atoms with E-state index in [-0.39, 0.29) is 11.9 Å². The van der Waals surface area contributed by atoms with E-state index in [1.807, 2.05) is 19.1 Å². The summed E-state index contributed by atoms with van der Waals surface area (Å²) < 4.78 is 5.15. The van der Waals surface area contributed by atoms with Crippen LogP contribution in [-0.2, 0) is 4.79 Å². The summed E-state index contributed by atoms with van der Waals surface area (Å²) in [6, 6.07) is 7.99. The van der Waals surface area contributed by atoms with Crippen LogP contribution in [0.1, 0.15) is 24.8 Å². The maximum atomic E-state index is 11.2. The molecule has 98 valence electrons. The Bertz CT molecular complexity index is 416. The third-order valence-corrected chi connectivity index (χ3v) is 3.77. The van der Waals surface area contributed by atoms with Crippen LogP contribution in [0.5, 0.6) is 5.75 Å². The summed E-state index contributed by atoms with van der Waals surface area (Å²) in [4.78, 5) is 13.3. The van der Waals surface area contributed by atoms with E-state index in [1.165, 1.54) is 5.56 Å². The molecular weight excluding hydrogens is 228 g/mol. The summed E-state index contributed by atoms with van der Waals surface area (Å²) in [7, 11) is 1.67. The number of hydrogen-bond acceptors (Lipinski definition) is 3.